The Morgan fingerprint density at radius 3 is 2.24 bits per heavy atom. The van der Waals surface area contributed by atoms with E-state index in [9.17, 15) is 9.59 Å². The van der Waals surface area contributed by atoms with Gasteiger partial charge in [0.15, 0.2) is 11.6 Å². The lowest BCUT2D eigenvalue weighted by molar-refractivity contribution is -0.116. The van der Waals surface area contributed by atoms with Gasteiger partial charge in [-0.3, -0.25) is 9.59 Å². The van der Waals surface area contributed by atoms with Crippen LogP contribution in [0.2, 0.25) is 0 Å². The molecule has 92 valence electrons. The highest BCUT2D eigenvalue weighted by Gasteiger charge is 2.49. The first-order chi connectivity index (χ1) is 7.78. The van der Waals surface area contributed by atoms with Gasteiger partial charge in [0.2, 0.25) is 0 Å². The monoisotopic (exact) mass is 232 g/mol. The van der Waals surface area contributed by atoms with Gasteiger partial charge >= 0.3 is 0 Å². The Kier molecular flexibility index (Phi) is 2.64. The molecule has 2 aliphatic rings. The van der Waals surface area contributed by atoms with Gasteiger partial charge in [0, 0.05) is 16.6 Å². The molecule has 1 fully saturated rings. The van der Waals surface area contributed by atoms with Gasteiger partial charge in [0.25, 0.3) is 0 Å². The first-order valence-electron chi connectivity index (χ1n) is 6.27. The standard InChI is InChI=1S/C15H20O2/c1-10-8-11(16)9-12(13(10)17)15(4)7-5-6-14(15,2)3/h8-9H,5-7H2,1-4H3/t15-/m1/s1. The lowest BCUT2D eigenvalue weighted by atomic mass is 9.62. The fraction of sp³-hybridized carbons (Fsp3) is 0.600. The maximum atomic E-state index is 12.3. The Bertz CT molecular complexity index is 452. The van der Waals surface area contributed by atoms with E-state index < -0.39 is 0 Å². The molecule has 2 heteroatoms. The predicted octanol–water partition coefficient (Wildman–Crippen LogP) is 3.23. The third-order valence-electron chi connectivity index (χ3n) is 4.81. The fourth-order valence-electron chi connectivity index (χ4n) is 3.15. The second-order valence-corrected chi connectivity index (χ2v) is 6.19. The van der Waals surface area contributed by atoms with Crippen LogP contribution in [0.3, 0.4) is 0 Å². The molecule has 0 heterocycles. The van der Waals surface area contributed by atoms with Crippen molar-refractivity contribution in [2.24, 2.45) is 10.8 Å². The van der Waals surface area contributed by atoms with Gasteiger partial charge in [-0.15, -0.1) is 0 Å². The van der Waals surface area contributed by atoms with E-state index in [0.717, 1.165) is 24.8 Å². The molecular weight excluding hydrogens is 212 g/mol. The van der Waals surface area contributed by atoms with Crippen molar-refractivity contribution in [2.45, 2.75) is 47.0 Å². The summed E-state index contributed by atoms with van der Waals surface area (Å²) in [5.74, 6) is 0.0168. The fourth-order valence-corrected chi connectivity index (χ4v) is 3.15. The molecule has 0 aromatic heterocycles. The second-order valence-electron chi connectivity index (χ2n) is 6.19. The summed E-state index contributed by atoms with van der Waals surface area (Å²) in [7, 11) is 0. The molecule has 0 amide bonds. The molecule has 0 N–H and O–H groups in total. The summed E-state index contributed by atoms with van der Waals surface area (Å²) in [4.78, 5) is 23.9. The van der Waals surface area contributed by atoms with Crippen molar-refractivity contribution < 1.29 is 9.59 Å². The summed E-state index contributed by atoms with van der Waals surface area (Å²) in [6, 6.07) is 0. The summed E-state index contributed by atoms with van der Waals surface area (Å²) in [6.07, 6.45) is 6.24. The molecule has 0 radical (unpaired) electrons. The summed E-state index contributed by atoms with van der Waals surface area (Å²) >= 11 is 0. The lowest BCUT2D eigenvalue weighted by Crippen LogP contribution is -2.36. The van der Waals surface area contributed by atoms with Gasteiger partial charge in [0.05, 0.1) is 0 Å². The van der Waals surface area contributed by atoms with Crippen molar-refractivity contribution in [1.29, 1.82) is 0 Å². The van der Waals surface area contributed by atoms with Crippen molar-refractivity contribution >= 4 is 11.6 Å². The van der Waals surface area contributed by atoms with Crippen LogP contribution < -0.4 is 0 Å². The van der Waals surface area contributed by atoms with Gasteiger partial charge in [-0.2, -0.15) is 0 Å². The summed E-state index contributed by atoms with van der Waals surface area (Å²) in [5, 5.41) is 0. The van der Waals surface area contributed by atoms with Crippen LogP contribution in [0.1, 0.15) is 47.0 Å². The lowest BCUT2D eigenvalue weighted by Gasteiger charge is -2.40. The Labute approximate surface area is 103 Å². The van der Waals surface area contributed by atoms with E-state index in [4.69, 9.17) is 0 Å². The SMILES string of the molecule is CC1=CC(=O)C=C([C@@]2(C)CCCC2(C)C)C1=O. The molecule has 1 saturated carbocycles. The van der Waals surface area contributed by atoms with Crippen LogP contribution >= 0.6 is 0 Å². The normalized spacial score (nSPS) is 32.5. The predicted molar refractivity (Wildman–Crippen MR) is 67.6 cm³/mol. The van der Waals surface area contributed by atoms with E-state index in [-0.39, 0.29) is 22.4 Å². The van der Waals surface area contributed by atoms with E-state index in [0.29, 0.717) is 5.57 Å². The van der Waals surface area contributed by atoms with E-state index in [2.05, 4.69) is 20.8 Å². The smallest absolute Gasteiger partial charge is 0.185 e. The Morgan fingerprint density at radius 2 is 1.71 bits per heavy atom. The third kappa shape index (κ3) is 1.70. The number of carbonyl (C=O) groups is 2. The topological polar surface area (TPSA) is 34.1 Å². The molecule has 1 atom stereocenters. The van der Waals surface area contributed by atoms with Gasteiger partial charge in [-0.05, 0) is 37.3 Å². The highest BCUT2D eigenvalue weighted by atomic mass is 16.1. The maximum Gasteiger partial charge on any atom is 0.185 e. The molecule has 17 heavy (non-hydrogen) atoms. The van der Waals surface area contributed by atoms with Crippen LogP contribution in [0.5, 0.6) is 0 Å². The van der Waals surface area contributed by atoms with Gasteiger partial charge in [-0.1, -0.05) is 27.2 Å². The highest BCUT2D eigenvalue weighted by Crippen LogP contribution is 2.57. The highest BCUT2D eigenvalue weighted by molar-refractivity contribution is 6.20. The Balaban J connectivity index is 2.48. The van der Waals surface area contributed by atoms with Gasteiger partial charge < -0.3 is 0 Å². The average molecular weight is 232 g/mol. The molecule has 2 aliphatic carbocycles. The number of hydrogen-bond donors (Lipinski definition) is 0. The summed E-state index contributed by atoms with van der Waals surface area (Å²) < 4.78 is 0. The number of Topliss-reactive ketones (excluding diaryl/α,β-unsaturated/α-hetero) is 1. The Morgan fingerprint density at radius 1 is 1.06 bits per heavy atom. The molecule has 0 saturated heterocycles. The second kappa shape index (κ2) is 3.66. The minimum Gasteiger partial charge on any atom is -0.290 e. The zero-order chi connectivity index (χ0) is 12.8. The van der Waals surface area contributed by atoms with Crippen LogP contribution in [0.4, 0.5) is 0 Å². The van der Waals surface area contributed by atoms with Crippen molar-refractivity contribution in [3.8, 4) is 0 Å². The number of hydrogen-bond acceptors (Lipinski definition) is 2. The van der Waals surface area contributed by atoms with Crippen LogP contribution in [0.25, 0.3) is 0 Å². The largest absolute Gasteiger partial charge is 0.290 e. The Hall–Kier alpha value is -1.18. The van der Waals surface area contributed by atoms with Gasteiger partial charge in [0.1, 0.15) is 0 Å². The first-order valence-corrected chi connectivity index (χ1v) is 6.27. The van der Waals surface area contributed by atoms with E-state index in [1.54, 1.807) is 13.0 Å². The molecule has 0 aromatic carbocycles. The molecule has 0 bridgehead atoms. The zero-order valence-corrected chi connectivity index (χ0v) is 11.1. The molecule has 0 spiro atoms. The molecule has 0 aromatic rings. The number of allylic oxidation sites excluding steroid dienone is 4. The van der Waals surface area contributed by atoms with Crippen LogP contribution in [0, 0.1) is 10.8 Å². The number of carbonyl (C=O) groups excluding carboxylic acids is 2. The van der Waals surface area contributed by atoms with Crippen molar-refractivity contribution in [3.05, 3.63) is 23.3 Å². The van der Waals surface area contributed by atoms with E-state index in [1.165, 1.54) is 6.08 Å². The van der Waals surface area contributed by atoms with E-state index in [1.807, 2.05) is 0 Å². The quantitative estimate of drug-likeness (QED) is 0.650. The number of ketones is 2. The van der Waals surface area contributed by atoms with Crippen molar-refractivity contribution in [2.75, 3.05) is 0 Å². The maximum absolute atomic E-state index is 12.3. The molecule has 0 aliphatic heterocycles. The van der Waals surface area contributed by atoms with Crippen LogP contribution in [-0.2, 0) is 9.59 Å². The summed E-state index contributed by atoms with van der Waals surface area (Å²) in [6.45, 7) is 8.27. The van der Waals surface area contributed by atoms with Crippen LogP contribution in [-0.4, -0.2) is 11.6 Å². The zero-order valence-electron chi connectivity index (χ0n) is 11.1. The summed E-state index contributed by atoms with van der Waals surface area (Å²) in [5.41, 5.74) is 1.24. The minimum absolute atomic E-state index is 0.0407. The minimum atomic E-state index is -0.157. The third-order valence-corrected chi connectivity index (χ3v) is 4.81. The van der Waals surface area contributed by atoms with Crippen LogP contribution in [0.15, 0.2) is 23.3 Å². The first kappa shape index (κ1) is 12.3. The molecule has 2 nitrogen and oxygen atoms in total. The average Bonchev–Trinajstić information content (AvgIpc) is 2.48. The molecule has 0 unspecified atom stereocenters. The van der Waals surface area contributed by atoms with E-state index >= 15 is 0 Å². The van der Waals surface area contributed by atoms with Crippen molar-refractivity contribution in [3.63, 3.8) is 0 Å². The molecular formula is C15H20O2. The number of rotatable bonds is 1. The van der Waals surface area contributed by atoms with Gasteiger partial charge in [-0.25, -0.2) is 0 Å². The molecule has 2 rings (SSSR count). The van der Waals surface area contributed by atoms with Crippen molar-refractivity contribution in [1.82, 2.24) is 0 Å².